The van der Waals surface area contributed by atoms with Crippen molar-refractivity contribution in [3.63, 3.8) is 0 Å². The maximum atomic E-state index is 13.9. The lowest BCUT2D eigenvalue weighted by molar-refractivity contribution is 0.269. The van der Waals surface area contributed by atoms with E-state index in [0.29, 0.717) is 61.5 Å². The first-order chi connectivity index (χ1) is 22.1. The molecule has 0 N–H and O–H groups in total. The fourth-order valence-electron chi connectivity index (χ4n) is 5.02. The molecule has 0 fully saturated rings. The van der Waals surface area contributed by atoms with E-state index in [1.807, 2.05) is 63.2 Å². The molecule has 0 saturated heterocycles. The molecule has 0 bridgehead atoms. The molecule has 4 aromatic carbocycles. The molecule has 0 spiro atoms. The number of fused-ring (bicyclic) bond motifs is 1. The lowest BCUT2D eigenvalue weighted by Crippen LogP contribution is -2.21. The zero-order valence-corrected chi connectivity index (χ0v) is 29.3. The van der Waals surface area contributed by atoms with Gasteiger partial charge in [-0.1, -0.05) is 55.2 Å². The Bertz CT molecular complexity index is 1990. The SMILES string of the molecule is CCOc1cc(C=Nn2c(-c3cc(C(C)C)c(OCC)cc3C)nc3ccccc3c2=O)c(Br)cc1OCc1ccc(Cl)cc1Cl. The molecule has 0 aliphatic heterocycles. The highest BCUT2D eigenvalue weighted by molar-refractivity contribution is 9.10. The van der Waals surface area contributed by atoms with Gasteiger partial charge in [0, 0.05) is 31.2 Å². The maximum absolute atomic E-state index is 13.9. The standard InChI is InChI=1S/C36H34BrCl2N3O4/c1-6-44-32-14-22(5)28(17-27(32)21(3)4)35-41-31-11-9-8-10-26(31)36(43)42(35)40-19-24-15-33(45-7-2)34(18-29(24)37)46-20-23-12-13-25(38)16-30(23)39/h8-19,21H,6-7,20H2,1-5H3. The van der Waals surface area contributed by atoms with Gasteiger partial charge in [0.15, 0.2) is 17.3 Å². The maximum Gasteiger partial charge on any atom is 0.282 e. The van der Waals surface area contributed by atoms with Gasteiger partial charge in [-0.05, 0) is 102 Å². The summed E-state index contributed by atoms with van der Waals surface area (Å²) in [5.41, 5.74) is 4.52. The fraction of sp³-hybridized carbons (Fsp3) is 0.250. The molecule has 1 heterocycles. The van der Waals surface area contributed by atoms with Gasteiger partial charge in [-0.3, -0.25) is 4.79 Å². The van der Waals surface area contributed by atoms with E-state index in [1.165, 1.54) is 4.68 Å². The Kier molecular flexibility index (Phi) is 10.7. The Morgan fingerprint density at radius 1 is 0.935 bits per heavy atom. The van der Waals surface area contributed by atoms with Crippen LogP contribution in [0, 0.1) is 6.92 Å². The van der Waals surface area contributed by atoms with E-state index in [2.05, 4.69) is 35.8 Å². The molecule has 5 aromatic rings. The second kappa shape index (κ2) is 14.7. The van der Waals surface area contributed by atoms with Crippen LogP contribution in [0.2, 0.25) is 10.0 Å². The summed E-state index contributed by atoms with van der Waals surface area (Å²) in [6.07, 6.45) is 1.61. The van der Waals surface area contributed by atoms with Gasteiger partial charge in [0.05, 0.1) is 30.3 Å². The topological polar surface area (TPSA) is 74.9 Å². The highest BCUT2D eigenvalue weighted by Crippen LogP contribution is 2.36. The molecule has 10 heteroatoms. The lowest BCUT2D eigenvalue weighted by atomic mass is 9.96. The van der Waals surface area contributed by atoms with E-state index in [1.54, 1.807) is 24.4 Å². The van der Waals surface area contributed by atoms with Gasteiger partial charge in [0.2, 0.25) is 0 Å². The van der Waals surface area contributed by atoms with Gasteiger partial charge in [-0.2, -0.15) is 9.78 Å². The van der Waals surface area contributed by atoms with E-state index in [-0.39, 0.29) is 18.1 Å². The Hall–Kier alpha value is -3.85. The van der Waals surface area contributed by atoms with E-state index in [4.69, 9.17) is 47.5 Å². The summed E-state index contributed by atoms with van der Waals surface area (Å²) < 4.78 is 20.0. The Labute approximate surface area is 286 Å². The first-order valence-electron chi connectivity index (χ1n) is 15.0. The van der Waals surface area contributed by atoms with E-state index in [9.17, 15) is 4.79 Å². The quantitative estimate of drug-likeness (QED) is 0.127. The van der Waals surface area contributed by atoms with Crippen molar-refractivity contribution >= 4 is 56.2 Å². The molecule has 7 nitrogen and oxygen atoms in total. The molecule has 0 amide bonds. The molecule has 0 atom stereocenters. The largest absolute Gasteiger partial charge is 0.494 e. The number of para-hydroxylation sites is 1. The van der Waals surface area contributed by atoms with Crippen molar-refractivity contribution in [2.45, 2.75) is 47.1 Å². The van der Waals surface area contributed by atoms with Gasteiger partial charge in [0.25, 0.3) is 5.56 Å². The minimum atomic E-state index is -0.280. The van der Waals surface area contributed by atoms with Crippen molar-refractivity contribution in [1.29, 1.82) is 0 Å². The van der Waals surface area contributed by atoms with Crippen LogP contribution in [0.1, 0.15) is 55.9 Å². The van der Waals surface area contributed by atoms with Crippen molar-refractivity contribution < 1.29 is 14.2 Å². The number of nitrogens with zero attached hydrogens (tertiary/aromatic N) is 3. The predicted octanol–water partition coefficient (Wildman–Crippen LogP) is 9.82. The van der Waals surface area contributed by atoms with Crippen LogP contribution in [0.25, 0.3) is 22.3 Å². The zero-order chi connectivity index (χ0) is 33.0. The minimum Gasteiger partial charge on any atom is -0.494 e. The summed E-state index contributed by atoms with van der Waals surface area (Å²) in [5, 5.41) is 6.25. The van der Waals surface area contributed by atoms with Crippen LogP contribution in [0.15, 0.2) is 81.1 Å². The van der Waals surface area contributed by atoms with E-state index >= 15 is 0 Å². The number of aromatic nitrogens is 2. The fourth-order valence-corrected chi connectivity index (χ4v) is 5.91. The summed E-state index contributed by atoms with van der Waals surface area (Å²) in [6.45, 7) is 11.3. The second-order valence-electron chi connectivity index (χ2n) is 10.9. The Balaban J connectivity index is 1.59. The molecule has 0 saturated carbocycles. The molecule has 238 valence electrons. The van der Waals surface area contributed by atoms with Gasteiger partial charge in [-0.25, -0.2) is 4.98 Å². The van der Waals surface area contributed by atoms with Crippen LogP contribution in [-0.2, 0) is 6.61 Å². The zero-order valence-electron chi connectivity index (χ0n) is 26.2. The summed E-state index contributed by atoms with van der Waals surface area (Å²) in [5.74, 6) is 2.49. The number of hydrogen-bond acceptors (Lipinski definition) is 6. The van der Waals surface area contributed by atoms with Crippen molar-refractivity contribution in [2.24, 2.45) is 5.10 Å². The van der Waals surface area contributed by atoms with Crippen LogP contribution in [-0.4, -0.2) is 29.1 Å². The van der Waals surface area contributed by atoms with Crippen LogP contribution >= 0.6 is 39.1 Å². The molecular formula is C36H34BrCl2N3O4. The molecule has 5 rings (SSSR count). The van der Waals surface area contributed by atoms with Gasteiger partial charge in [-0.15, -0.1) is 0 Å². The average molecular weight is 723 g/mol. The van der Waals surface area contributed by atoms with E-state index in [0.717, 1.165) is 28.0 Å². The van der Waals surface area contributed by atoms with Crippen molar-refractivity contribution in [3.8, 4) is 28.6 Å². The number of ether oxygens (including phenoxy) is 3. The molecule has 0 radical (unpaired) electrons. The van der Waals surface area contributed by atoms with Gasteiger partial charge >= 0.3 is 0 Å². The molecular weight excluding hydrogens is 689 g/mol. The third kappa shape index (κ3) is 7.25. The van der Waals surface area contributed by atoms with Crippen molar-refractivity contribution in [1.82, 2.24) is 9.66 Å². The third-order valence-electron chi connectivity index (χ3n) is 7.35. The first kappa shape index (κ1) is 33.5. The highest BCUT2D eigenvalue weighted by Gasteiger charge is 2.19. The lowest BCUT2D eigenvalue weighted by Gasteiger charge is -2.18. The molecule has 0 aliphatic rings. The molecule has 0 aliphatic carbocycles. The summed E-state index contributed by atoms with van der Waals surface area (Å²) in [7, 11) is 0. The van der Waals surface area contributed by atoms with Crippen molar-refractivity contribution in [3.05, 3.63) is 114 Å². The Morgan fingerprint density at radius 2 is 1.65 bits per heavy atom. The number of rotatable bonds is 11. The van der Waals surface area contributed by atoms with Crippen LogP contribution < -0.4 is 19.8 Å². The summed E-state index contributed by atoms with van der Waals surface area (Å²) in [4.78, 5) is 18.9. The smallest absolute Gasteiger partial charge is 0.282 e. The number of halogens is 3. The summed E-state index contributed by atoms with van der Waals surface area (Å²) >= 11 is 16.0. The Morgan fingerprint density at radius 3 is 2.37 bits per heavy atom. The number of benzene rings is 4. The highest BCUT2D eigenvalue weighted by atomic mass is 79.9. The van der Waals surface area contributed by atoms with E-state index < -0.39 is 0 Å². The third-order valence-corrected chi connectivity index (χ3v) is 8.62. The molecule has 46 heavy (non-hydrogen) atoms. The molecule has 0 unspecified atom stereocenters. The number of aryl methyl sites for hydroxylation is 1. The van der Waals surface area contributed by atoms with Gasteiger partial charge < -0.3 is 14.2 Å². The average Bonchev–Trinajstić information content (AvgIpc) is 3.02. The second-order valence-corrected chi connectivity index (χ2v) is 12.6. The number of hydrogen-bond donors (Lipinski definition) is 0. The monoisotopic (exact) mass is 721 g/mol. The van der Waals surface area contributed by atoms with Crippen LogP contribution in [0.4, 0.5) is 0 Å². The first-order valence-corrected chi connectivity index (χ1v) is 16.5. The van der Waals surface area contributed by atoms with Crippen molar-refractivity contribution in [2.75, 3.05) is 13.2 Å². The predicted molar refractivity (Wildman–Crippen MR) is 191 cm³/mol. The van der Waals surface area contributed by atoms with Crippen LogP contribution in [0.5, 0.6) is 17.2 Å². The van der Waals surface area contributed by atoms with Crippen LogP contribution in [0.3, 0.4) is 0 Å². The normalized spacial score (nSPS) is 11.5. The minimum absolute atomic E-state index is 0.189. The molecule has 1 aromatic heterocycles. The summed E-state index contributed by atoms with van der Waals surface area (Å²) in [6, 6.07) is 20.2. The van der Waals surface area contributed by atoms with Gasteiger partial charge in [0.1, 0.15) is 12.4 Å².